The third-order valence-electron chi connectivity index (χ3n) is 2.88. The summed E-state index contributed by atoms with van der Waals surface area (Å²) in [5.74, 6) is -0.334. The number of hydrogen-bond acceptors (Lipinski definition) is 2. The van der Waals surface area contributed by atoms with Gasteiger partial charge in [-0.3, -0.25) is 0 Å². The minimum absolute atomic E-state index is 0.334. The standard InChI is InChI=1S/C14H11BrFNS/c1-14(9-17,8-11-3-2-6-18-11)12-7-10(15)4-5-13(12)16/h2-7H,8H2,1H3. The van der Waals surface area contributed by atoms with Crippen LogP contribution in [0.5, 0.6) is 0 Å². The second-order valence-corrected chi connectivity index (χ2v) is 6.27. The van der Waals surface area contributed by atoms with Crippen LogP contribution >= 0.6 is 27.3 Å². The van der Waals surface area contributed by atoms with E-state index in [2.05, 4.69) is 22.0 Å². The van der Waals surface area contributed by atoms with Crippen molar-refractivity contribution in [1.82, 2.24) is 0 Å². The molecule has 0 aliphatic carbocycles. The van der Waals surface area contributed by atoms with Crippen LogP contribution in [0.1, 0.15) is 17.4 Å². The number of nitriles is 1. The first-order valence-corrected chi connectivity index (χ1v) is 7.11. The molecule has 1 aromatic carbocycles. The number of hydrogen-bond donors (Lipinski definition) is 0. The Morgan fingerprint density at radius 2 is 2.22 bits per heavy atom. The molecule has 0 fully saturated rings. The van der Waals surface area contributed by atoms with Gasteiger partial charge in [0.2, 0.25) is 0 Å². The van der Waals surface area contributed by atoms with Crippen LogP contribution in [0.4, 0.5) is 4.39 Å². The van der Waals surface area contributed by atoms with E-state index in [0.29, 0.717) is 12.0 Å². The molecule has 18 heavy (non-hydrogen) atoms. The predicted octanol–water partition coefficient (Wildman–Crippen LogP) is 4.67. The maximum Gasteiger partial charge on any atom is 0.128 e. The molecule has 0 aliphatic rings. The molecule has 4 heteroatoms. The van der Waals surface area contributed by atoms with Gasteiger partial charge in [0.05, 0.1) is 11.5 Å². The second kappa shape index (κ2) is 5.21. The Morgan fingerprint density at radius 1 is 1.44 bits per heavy atom. The Bertz CT molecular complexity index is 588. The zero-order valence-electron chi connectivity index (χ0n) is 9.78. The largest absolute Gasteiger partial charge is 0.207 e. The lowest BCUT2D eigenvalue weighted by atomic mass is 9.80. The van der Waals surface area contributed by atoms with Crippen molar-refractivity contribution in [2.45, 2.75) is 18.8 Å². The zero-order chi connectivity index (χ0) is 13.2. The normalized spacial score (nSPS) is 13.9. The van der Waals surface area contributed by atoms with E-state index in [1.807, 2.05) is 17.5 Å². The SMILES string of the molecule is CC(C#N)(Cc1cccs1)c1cc(Br)ccc1F. The average molecular weight is 324 g/mol. The average Bonchev–Trinajstić information content (AvgIpc) is 2.84. The Kier molecular flexibility index (Phi) is 3.84. The van der Waals surface area contributed by atoms with Gasteiger partial charge in [0.1, 0.15) is 5.82 Å². The summed E-state index contributed by atoms with van der Waals surface area (Å²) in [6.45, 7) is 1.78. The summed E-state index contributed by atoms with van der Waals surface area (Å²) >= 11 is 4.91. The van der Waals surface area contributed by atoms with Crippen molar-refractivity contribution >= 4 is 27.3 Å². The van der Waals surface area contributed by atoms with Crippen molar-refractivity contribution < 1.29 is 4.39 Å². The van der Waals surface area contributed by atoms with Gasteiger partial charge in [0.25, 0.3) is 0 Å². The molecule has 1 nitrogen and oxygen atoms in total. The highest BCUT2D eigenvalue weighted by molar-refractivity contribution is 9.10. The van der Waals surface area contributed by atoms with Crippen molar-refractivity contribution in [1.29, 1.82) is 5.26 Å². The van der Waals surface area contributed by atoms with Crippen molar-refractivity contribution in [3.05, 3.63) is 56.4 Å². The summed E-state index contributed by atoms with van der Waals surface area (Å²) in [7, 11) is 0. The minimum Gasteiger partial charge on any atom is -0.207 e. The van der Waals surface area contributed by atoms with E-state index in [0.717, 1.165) is 9.35 Å². The highest BCUT2D eigenvalue weighted by atomic mass is 79.9. The van der Waals surface area contributed by atoms with Crippen molar-refractivity contribution in [3.63, 3.8) is 0 Å². The molecule has 1 aromatic heterocycles. The molecule has 1 heterocycles. The fraction of sp³-hybridized carbons (Fsp3) is 0.214. The second-order valence-electron chi connectivity index (χ2n) is 4.32. The summed E-state index contributed by atoms with van der Waals surface area (Å²) in [4.78, 5) is 1.08. The molecule has 2 aromatic rings. The number of nitrogens with zero attached hydrogens (tertiary/aromatic N) is 1. The monoisotopic (exact) mass is 323 g/mol. The summed E-state index contributed by atoms with van der Waals surface area (Å²) < 4.78 is 14.7. The molecule has 0 amide bonds. The molecular weight excluding hydrogens is 313 g/mol. The maximum absolute atomic E-state index is 13.9. The third-order valence-corrected chi connectivity index (χ3v) is 4.25. The Hall–Kier alpha value is -1.18. The first-order valence-electron chi connectivity index (χ1n) is 5.44. The fourth-order valence-corrected chi connectivity index (χ4v) is 3.10. The molecule has 92 valence electrons. The fourth-order valence-electron chi connectivity index (χ4n) is 1.88. The lowest BCUT2D eigenvalue weighted by Gasteiger charge is -2.22. The third kappa shape index (κ3) is 2.63. The minimum atomic E-state index is -0.848. The van der Waals surface area contributed by atoms with Gasteiger partial charge < -0.3 is 0 Å². The van der Waals surface area contributed by atoms with E-state index in [-0.39, 0.29) is 5.82 Å². The summed E-state index contributed by atoms with van der Waals surface area (Å²) in [6.07, 6.45) is 0.522. The van der Waals surface area contributed by atoms with Crippen LogP contribution < -0.4 is 0 Å². The van der Waals surface area contributed by atoms with Gasteiger partial charge in [-0.2, -0.15) is 5.26 Å². The van der Waals surface area contributed by atoms with E-state index < -0.39 is 5.41 Å². The Morgan fingerprint density at radius 3 is 2.83 bits per heavy atom. The topological polar surface area (TPSA) is 23.8 Å². The van der Waals surface area contributed by atoms with Crippen LogP contribution in [0.2, 0.25) is 0 Å². The first-order chi connectivity index (χ1) is 8.55. The quantitative estimate of drug-likeness (QED) is 0.804. The summed E-state index contributed by atoms with van der Waals surface area (Å²) in [5, 5.41) is 11.4. The predicted molar refractivity (Wildman–Crippen MR) is 75.1 cm³/mol. The lowest BCUT2D eigenvalue weighted by Crippen LogP contribution is -2.24. The molecule has 0 saturated heterocycles. The van der Waals surface area contributed by atoms with E-state index in [1.54, 1.807) is 30.4 Å². The van der Waals surface area contributed by atoms with Crippen LogP contribution in [-0.2, 0) is 11.8 Å². The van der Waals surface area contributed by atoms with Gasteiger partial charge in [0, 0.05) is 21.3 Å². The number of benzene rings is 1. The number of thiophene rings is 1. The van der Waals surface area contributed by atoms with Crippen molar-refractivity contribution in [2.24, 2.45) is 0 Å². The van der Waals surface area contributed by atoms with Gasteiger partial charge in [-0.1, -0.05) is 22.0 Å². The van der Waals surface area contributed by atoms with E-state index in [9.17, 15) is 9.65 Å². The highest BCUT2D eigenvalue weighted by Gasteiger charge is 2.30. The van der Waals surface area contributed by atoms with Crippen LogP contribution in [0.15, 0.2) is 40.2 Å². The van der Waals surface area contributed by atoms with E-state index in [1.165, 1.54) is 6.07 Å². The van der Waals surface area contributed by atoms with Gasteiger partial charge in [-0.05, 0) is 36.6 Å². The van der Waals surface area contributed by atoms with Crippen molar-refractivity contribution in [2.75, 3.05) is 0 Å². The zero-order valence-corrected chi connectivity index (χ0v) is 12.2. The number of halogens is 2. The number of rotatable bonds is 3. The molecule has 0 N–H and O–H groups in total. The van der Waals surface area contributed by atoms with Gasteiger partial charge in [0.15, 0.2) is 0 Å². The molecule has 0 saturated carbocycles. The molecule has 0 bridgehead atoms. The van der Waals surface area contributed by atoms with Gasteiger partial charge in [-0.25, -0.2) is 4.39 Å². The molecule has 2 rings (SSSR count). The molecular formula is C14H11BrFNS. The maximum atomic E-state index is 13.9. The summed E-state index contributed by atoms with van der Waals surface area (Å²) in [5.41, 5.74) is -0.411. The molecule has 0 aliphatic heterocycles. The summed E-state index contributed by atoms with van der Waals surface area (Å²) in [6, 6.07) is 10.9. The van der Waals surface area contributed by atoms with Crippen LogP contribution in [0.25, 0.3) is 0 Å². The Labute approximate surface area is 118 Å². The molecule has 1 atom stereocenters. The lowest BCUT2D eigenvalue weighted by molar-refractivity contribution is 0.537. The molecule has 0 radical (unpaired) electrons. The molecule has 1 unspecified atom stereocenters. The van der Waals surface area contributed by atoms with Crippen molar-refractivity contribution in [3.8, 4) is 6.07 Å². The first kappa shape index (κ1) is 13.3. The highest BCUT2D eigenvalue weighted by Crippen LogP contribution is 2.32. The van der Waals surface area contributed by atoms with E-state index >= 15 is 0 Å². The van der Waals surface area contributed by atoms with Gasteiger partial charge >= 0.3 is 0 Å². The van der Waals surface area contributed by atoms with Gasteiger partial charge in [-0.15, -0.1) is 11.3 Å². The van der Waals surface area contributed by atoms with E-state index in [4.69, 9.17) is 0 Å². The van der Waals surface area contributed by atoms with Crippen LogP contribution in [-0.4, -0.2) is 0 Å². The molecule has 0 spiro atoms. The smallest absolute Gasteiger partial charge is 0.128 e. The Balaban J connectivity index is 2.43. The van der Waals surface area contributed by atoms with Crippen LogP contribution in [0.3, 0.4) is 0 Å². The van der Waals surface area contributed by atoms with Crippen LogP contribution in [0, 0.1) is 17.1 Å².